The molecule has 1 amide bonds. The zero-order valence-corrected chi connectivity index (χ0v) is 17.7. The van der Waals surface area contributed by atoms with Crippen molar-refractivity contribution in [3.63, 3.8) is 0 Å². The number of amides is 1. The first-order valence-corrected chi connectivity index (χ1v) is 10.1. The number of carbonyl (C=O) groups is 1. The normalized spacial score (nSPS) is 13.4. The van der Waals surface area contributed by atoms with Crippen molar-refractivity contribution in [1.29, 1.82) is 0 Å². The van der Waals surface area contributed by atoms with E-state index in [-0.39, 0.29) is 11.6 Å². The van der Waals surface area contributed by atoms with Crippen LogP contribution in [0.15, 0.2) is 42.7 Å². The molecule has 0 saturated carbocycles. The Hall–Kier alpha value is -3.53. The van der Waals surface area contributed by atoms with Crippen molar-refractivity contribution in [3.8, 4) is 5.75 Å². The van der Waals surface area contributed by atoms with E-state index in [1.807, 2.05) is 17.0 Å². The Morgan fingerprint density at radius 2 is 1.94 bits per heavy atom. The Morgan fingerprint density at radius 3 is 2.66 bits per heavy atom. The summed E-state index contributed by atoms with van der Waals surface area (Å²) in [5.41, 5.74) is -0.807. The number of ether oxygens (including phenoxy) is 1. The van der Waals surface area contributed by atoms with Gasteiger partial charge in [0.15, 0.2) is 5.82 Å². The van der Waals surface area contributed by atoms with Gasteiger partial charge in [-0.1, -0.05) is 11.6 Å². The highest BCUT2D eigenvalue weighted by Crippen LogP contribution is 2.26. The van der Waals surface area contributed by atoms with Gasteiger partial charge in [0.25, 0.3) is 5.91 Å². The summed E-state index contributed by atoms with van der Waals surface area (Å²) in [5.74, 6) is -1.33. The summed E-state index contributed by atoms with van der Waals surface area (Å²) in [4.78, 5) is 26.1. The lowest BCUT2D eigenvalue weighted by molar-refractivity contribution is 0.0955. The van der Waals surface area contributed by atoms with Crippen LogP contribution in [0.1, 0.15) is 10.4 Å². The van der Waals surface area contributed by atoms with Crippen molar-refractivity contribution in [2.45, 2.75) is 0 Å². The van der Waals surface area contributed by atoms with Crippen LogP contribution in [0.4, 0.5) is 26.4 Å². The molecular weight excluding hydrogens is 442 g/mol. The number of aromatic nitrogens is 3. The summed E-state index contributed by atoms with van der Waals surface area (Å²) in [6.45, 7) is 1.91. The largest absolute Gasteiger partial charge is 0.493 e. The molecule has 1 saturated heterocycles. The molecule has 2 aromatic carbocycles. The zero-order valence-electron chi connectivity index (χ0n) is 17.0. The molecule has 2 N–H and O–H groups in total. The Bertz CT molecular complexity index is 1130. The third kappa shape index (κ3) is 4.70. The third-order valence-electron chi connectivity index (χ3n) is 4.89. The lowest BCUT2D eigenvalue weighted by Crippen LogP contribution is -2.50. The predicted octanol–water partition coefficient (Wildman–Crippen LogP) is 3.42. The molecule has 1 aliphatic heterocycles. The van der Waals surface area contributed by atoms with E-state index in [1.165, 1.54) is 19.4 Å². The number of nitrogens with zero attached hydrogens (tertiary/aromatic N) is 4. The third-order valence-corrected chi connectivity index (χ3v) is 5.14. The van der Waals surface area contributed by atoms with Gasteiger partial charge in [-0.05, 0) is 36.4 Å². The van der Waals surface area contributed by atoms with Gasteiger partial charge in [0, 0.05) is 31.1 Å². The van der Waals surface area contributed by atoms with Gasteiger partial charge in [0.05, 0.1) is 12.3 Å². The van der Waals surface area contributed by atoms with Crippen LogP contribution in [-0.4, -0.2) is 47.6 Å². The average molecular weight is 461 g/mol. The van der Waals surface area contributed by atoms with Gasteiger partial charge in [-0.3, -0.25) is 4.79 Å². The molecule has 2 heterocycles. The molecular formula is C21H19ClF2N6O2. The van der Waals surface area contributed by atoms with Crippen molar-refractivity contribution in [1.82, 2.24) is 20.3 Å². The fraction of sp³-hybridized carbons (Fsp3) is 0.238. The van der Waals surface area contributed by atoms with Crippen molar-refractivity contribution in [2.75, 3.05) is 37.0 Å². The molecule has 1 aliphatic rings. The van der Waals surface area contributed by atoms with Gasteiger partial charge in [0.1, 0.15) is 23.5 Å². The van der Waals surface area contributed by atoms with Crippen LogP contribution in [0, 0.1) is 17.6 Å². The van der Waals surface area contributed by atoms with E-state index in [9.17, 15) is 13.6 Å². The second-order valence-corrected chi connectivity index (χ2v) is 7.57. The standard InChI is InChI=1S/C21H19ClF2N6O2/c1-25-19(31)17-15(23)6-7-16(18(17)24)28-20-26-11-27-21(29-20)30-8-12(9-30)10-32-14-4-2-13(22)3-5-14/h2-7,11-12H,8-10H2,1H3,(H,25,31)(H,26,27,28,29). The molecule has 1 fully saturated rings. The Labute approximate surface area is 187 Å². The first-order valence-electron chi connectivity index (χ1n) is 9.74. The summed E-state index contributed by atoms with van der Waals surface area (Å²) in [6.07, 6.45) is 1.29. The highest BCUT2D eigenvalue weighted by Gasteiger charge is 2.29. The van der Waals surface area contributed by atoms with E-state index in [2.05, 4.69) is 25.6 Å². The number of halogens is 3. The smallest absolute Gasteiger partial charge is 0.257 e. The van der Waals surface area contributed by atoms with Crippen LogP contribution in [0.3, 0.4) is 0 Å². The summed E-state index contributed by atoms with van der Waals surface area (Å²) in [6, 6.07) is 9.34. The number of hydrogen-bond acceptors (Lipinski definition) is 7. The summed E-state index contributed by atoms with van der Waals surface area (Å²) >= 11 is 5.87. The predicted molar refractivity (Wildman–Crippen MR) is 116 cm³/mol. The minimum atomic E-state index is -1.03. The molecule has 0 radical (unpaired) electrons. The van der Waals surface area contributed by atoms with Crippen LogP contribution >= 0.6 is 11.6 Å². The minimum absolute atomic E-state index is 0.0734. The molecule has 11 heteroatoms. The number of benzene rings is 2. The van der Waals surface area contributed by atoms with Crippen LogP contribution in [0.2, 0.25) is 5.02 Å². The first kappa shape index (κ1) is 21.7. The first-order chi connectivity index (χ1) is 15.4. The summed E-state index contributed by atoms with van der Waals surface area (Å²) in [7, 11) is 1.29. The van der Waals surface area contributed by atoms with Gasteiger partial charge in [0.2, 0.25) is 11.9 Å². The lowest BCUT2D eigenvalue weighted by Gasteiger charge is -2.38. The molecule has 8 nitrogen and oxygen atoms in total. The maximum Gasteiger partial charge on any atom is 0.257 e. The molecule has 0 bridgehead atoms. The van der Waals surface area contributed by atoms with Crippen molar-refractivity contribution >= 4 is 35.1 Å². The molecule has 3 aromatic rings. The van der Waals surface area contributed by atoms with Crippen LogP contribution < -0.4 is 20.3 Å². The number of carbonyl (C=O) groups excluding carboxylic acids is 1. The van der Waals surface area contributed by atoms with Gasteiger partial charge in [-0.15, -0.1) is 0 Å². The Morgan fingerprint density at radius 1 is 1.19 bits per heavy atom. The summed E-state index contributed by atoms with van der Waals surface area (Å²) in [5, 5.41) is 5.54. The summed E-state index contributed by atoms with van der Waals surface area (Å²) < 4.78 is 34.2. The zero-order chi connectivity index (χ0) is 22.7. The van der Waals surface area contributed by atoms with E-state index in [1.54, 1.807) is 12.1 Å². The Kier molecular flexibility index (Phi) is 6.31. The van der Waals surface area contributed by atoms with E-state index < -0.39 is 23.1 Å². The number of nitrogens with one attached hydrogen (secondary N) is 2. The quantitative estimate of drug-likeness (QED) is 0.558. The molecule has 166 valence electrons. The van der Waals surface area contributed by atoms with Crippen LogP contribution in [0.25, 0.3) is 0 Å². The van der Waals surface area contributed by atoms with E-state index in [4.69, 9.17) is 16.3 Å². The number of hydrogen-bond donors (Lipinski definition) is 2. The molecule has 1 aromatic heterocycles. The lowest BCUT2D eigenvalue weighted by atomic mass is 10.0. The van der Waals surface area contributed by atoms with Crippen LogP contribution in [0.5, 0.6) is 5.75 Å². The molecule has 0 unspecified atom stereocenters. The maximum absolute atomic E-state index is 14.6. The molecule has 4 rings (SSSR count). The average Bonchev–Trinajstić information content (AvgIpc) is 2.76. The fourth-order valence-electron chi connectivity index (χ4n) is 3.19. The van der Waals surface area contributed by atoms with Crippen molar-refractivity contribution in [2.24, 2.45) is 5.92 Å². The van der Waals surface area contributed by atoms with Gasteiger partial charge >= 0.3 is 0 Å². The van der Waals surface area contributed by atoms with Crippen LogP contribution in [-0.2, 0) is 0 Å². The second-order valence-electron chi connectivity index (χ2n) is 7.13. The fourth-order valence-corrected chi connectivity index (χ4v) is 3.31. The van der Waals surface area contributed by atoms with Crippen molar-refractivity contribution in [3.05, 3.63) is 64.9 Å². The highest BCUT2D eigenvalue weighted by atomic mass is 35.5. The van der Waals surface area contributed by atoms with E-state index in [0.29, 0.717) is 36.6 Å². The highest BCUT2D eigenvalue weighted by molar-refractivity contribution is 6.30. The second kappa shape index (κ2) is 9.31. The maximum atomic E-state index is 14.6. The van der Waals surface area contributed by atoms with Gasteiger partial charge in [-0.2, -0.15) is 4.98 Å². The molecule has 32 heavy (non-hydrogen) atoms. The number of rotatable bonds is 7. The van der Waals surface area contributed by atoms with Gasteiger partial charge in [-0.25, -0.2) is 18.7 Å². The minimum Gasteiger partial charge on any atom is -0.493 e. The molecule has 0 aliphatic carbocycles. The molecule has 0 atom stereocenters. The SMILES string of the molecule is CNC(=O)c1c(F)ccc(Nc2ncnc(N3CC(COc4ccc(Cl)cc4)C3)n2)c1F. The Balaban J connectivity index is 1.38. The monoisotopic (exact) mass is 460 g/mol. The topological polar surface area (TPSA) is 92.3 Å². The van der Waals surface area contributed by atoms with Gasteiger partial charge < -0.3 is 20.3 Å². The molecule has 0 spiro atoms. The van der Waals surface area contributed by atoms with E-state index in [0.717, 1.165) is 11.8 Å². The number of anilines is 3. The van der Waals surface area contributed by atoms with Crippen molar-refractivity contribution < 1.29 is 18.3 Å². The van der Waals surface area contributed by atoms with E-state index >= 15 is 0 Å².